The molecule has 0 saturated carbocycles. The number of rotatable bonds is 9. The van der Waals surface area contributed by atoms with Crippen molar-refractivity contribution < 1.29 is 14.5 Å². The number of nitro groups is 1. The zero-order valence-electron chi connectivity index (χ0n) is 18.9. The van der Waals surface area contributed by atoms with Crippen molar-refractivity contribution in [2.24, 2.45) is 5.10 Å². The van der Waals surface area contributed by atoms with Crippen LogP contribution in [0.1, 0.15) is 5.56 Å². The summed E-state index contributed by atoms with van der Waals surface area (Å²) in [7, 11) is 1.60. The third kappa shape index (κ3) is 6.06. The van der Waals surface area contributed by atoms with Crippen LogP contribution in [0, 0.1) is 10.1 Å². The molecule has 0 aliphatic carbocycles. The Kier molecular flexibility index (Phi) is 7.93. The summed E-state index contributed by atoms with van der Waals surface area (Å²) in [6.07, 6.45) is 1.41. The van der Waals surface area contributed by atoms with Gasteiger partial charge in [0.2, 0.25) is 0 Å². The van der Waals surface area contributed by atoms with E-state index in [1.165, 1.54) is 42.2 Å². The average Bonchev–Trinajstić information content (AvgIpc) is 3.32. The third-order valence-electron chi connectivity index (χ3n) is 4.91. The molecule has 12 heteroatoms. The number of hydrazone groups is 1. The maximum atomic E-state index is 12.4. The molecule has 0 spiro atoms. The summed E-state index contributed by atoms with van der Waals surface area (Å²) in [6.45, 7) is 0. The number of nitrogens with one attached hydrogen (secondary N) is 1. The highest BCUT2D eigenvalue weighted by Crippen LogP contribution is 2.29. The smallest absolute Gasteiger partial charge is 0.269 e. The zero-order chi connectivity index (χ0) is 25.5. The van der Waals surface area contributed by atoms with Gasteiger partial charge >= 0.3 is 0 Å². The first-order chi connectivity index (χ1) is 17.4. The van der Waals surface area contributed by atoms with Gasteiger partial charge in [0.15, 0.2) is 11.0 Å². The molecule has 0 aliphatic heterocycles. The predicted molar refractivity (Wildman–Crippen MR) is 138 cm³/mol. The molecular weight excluding hydrogens is 504 g/mol. The molecule has 3 aromatic carbocycles. The van der Waals surface area contributed by atoms with Crippen molar-refractivity contribution in [1.29, 1.82) is 0 Å². The van der Waals surface area contributed by atoms with E-state index in [-0.39, 0.29) is 17.3 Å². The van der Waals surface area contributed by atoms with Crippen molar-refractivity contribution in [1.82, 2.24) is 20.2 Å². The van der Waals surface area contributed by atoms with E-state index >= 15 is 0 Å². The molecule has 0 saturated heterocycles. The summed E-state index contributed by atoms with van der Waals surface area (Å²) in [5, 5.41) is 24.4. The van der Waals surface area contributed by atoms with Crippen LogP contribution in [0.2, 0.25) is 5.02 Å². The molecular formula is C24H19ClN6O4S. The standard InChI is InChI=1S/C24H19ClN6O4S/c1-35-21-12-4-17(5-13-21)23-28-29-24(30(23)19-10-6-18(25)7-11-19)36-15-22(32)27-26-14-16-2-8-20(9-3-16)31(33)34/h2-14H,15H2,1H3,(H,27,32)/b26-14+. The average molecular weight is 523 g/mol. The molecule has 0 unspecified atom stereocenters. The SMILES string of the molecule is COc1ccc(-c2nnc(SCC(=O)N/N=C/c3ccc([N+](=O)[O-])cc3)n2-c2ccc(Cl)cc2)cc1. The number of nitro benzene ring substituents is 1. The van der Waals surface area contributed by atoms with Crippen LogP contribution >= 0.6 is 23.4 Å². The monoisotopic (exact) mass is 522 g/mol. The normalized spacial score (nSPS) is 10.9. The van der Waals surface area contributed by atoms with Crippen LogP contribution in [-0.2, 0) is 4.79 Å². The number of hydrogen-bond acceptors (Lipinski definition) is 8. The molecule has 1 N–H and O–H groups in total. The molecule has 1 amide bonds. The molecule has 0 bridgehead atoms. The van der Waals surface area contributed by atoms with Crippen molar-refractivity contribution in [2.75, 3.05) is 12.9 Å². The topological polar surface area (TPSA) is 125 Å². The number of ether oxygens (including phenoxy) is 1. The highest BCUT2D eigenvalue weighted by molar-refractivity contribution is 7.99. The molecule has 0 atom stereocenters. The molecule has 0 radical (unpaired) electrons. The second-order valence-corrected chi connectivity index (χ2v) is 8.66. The fraction of sp³-hybridized carbons (Fsp3) is 0.0833. The number of hydrogen-bond donors (Lipinski definition) is 1. The minimum atomic E-state index is -0.483. The van der Waals surface area contributed by atoms with Crippen molar-refractivity contribution in [2.45, 2.75) is 5.16 Å². The number of non-ortho nitro benzene ring substituents is 1. The van der Waals surface area contributed by atoms with E-state index in [1.807, 2.05) is 41.0 Å². The third-order valence-corrected chi connectivity index (χ3v) is 6.09. The predicted octanol–water partition coefficient (Wildman–Crippen LogP) is 4.75. The lowest BCUT2D eigenvalue weighted by Gasteiger charge is -2.11. The Hall–Kier alpha value is -4.22. The number of aromatic nitrogens is 3. The van der Waals surface area contributed by atoms with Gasteiger partial charge in [0.1, 0.15) is 5.75 Å². The number of nitrogens with zero attached hydrogens (tertiary/aromatic N) is 5. The van der Waals surface area contributed by atoms with E-state index in [9.17, 15) is 14.9 Å². The highest BCUT2D eigenvalue weighted by atomic mass is 35.5. The lowest BCUT2D eigenvalue weighted by atomic mass is 10.2. The molecule has 1 aromatic heterocycles. The Labute approximate surface area is 215 Å². The Morgan fingerprint density at radius 2 is 1.81 bits per heavy atom. The van der Waals surface area contributed by atoms with Gasteiger partial charge in [0, 0.05) is 28.4 Å². The number of thioether (sulfide) groups is 1. The summed E-state index contributed by atoms with van der Waals surface area (Å²) >= 11 is 7.26. The Morgan fingerprint density at radius 3 is 2.44 bits per heavy atom. The van der Waals surface area contributed by atoms with Gasteiger partial charge < -0.3 is 4.74 Å². The second kappa shape index (κ2) is 11.5. The minimum Gasteiger partial charge on any atom is -0.497 e. The second-order valence-electron chi connectivity index (χ2n) is 7.28. The summed E-state index contributed by atoms with van der Waals surface area (Å²) in [4.78, 5) is 22.6. The first-order valence-electron chi connectivity index (χ1n) is 10.5. The van der Waals surface area contributed by atoms with Gasteiger partial charge in [-0.05, 0) is 66.2 Å². The first-order valence-corrected chi connectivity index (χ1v) is 11.9. The molecule has 182 valence electrons. The van der Waals surface area contributed by atoms with E-state index < -0.39 is 4.92 Å². The number of halogens is 1. The number of carbonyl (C=O) groups excluding carboxylic acids is 1. The maximum absolute atomic E-state index is 12.4. The van der Waals surface area contributed by atoms with Crippen molar-refractivity contribution >= 4 is 41.2 Å². The van der Waals surface area contributed by atoms with Crippen molar-refractivity contribution in [3.8, 4) is 22.8 Å². The number of amides is 1. The molecule has 1 heterocycles. The molecule has 0 fully saturated rings. The van der Waals surface area contributed by atoms with Gasteiger partial charge in [0.25, 0.3) is 11.6 Å². The molecule has 4 rings (SSSR count). The quantitative estimate of drug-likeness (QED) is 0.145. The van der Waals surface area contributed by atoms with Gasteiger partial charge in [-0.15, -0.1) is 10.2 Å². The van der Waals surface area contributed by atoms with Crippen LogP contribution in [-0.4, -0.2) is 44.7 Å². The highest BCUT2D eigenvalue weighted by Gasteiger charge is 2.17. The number of carbonyl (C=O) groups is 1. The van der Waals surface area contributed by atoms with E-state index in [0.29, 0.717) is 21.6 Å². The van der Waals surface area contributed by atoms with E-state index in [2.05, 4.69) is 20.7 Å². The number of methoxy groups -OCH3 is 1. The van der Waals surface area contributed by atoms with Crippen molar-refractivity contribution in [3.63, 3.8) is 0 Å². The lowest BCUT2D eigenvalue weighted by molar-refractivity contribution is -0.384. The van der Waals surface area contributed by atoms with Gasteiger partial charge in [-0.3, -0.25) is 19.5 Å². The summed E-state index contributed by atoms with van der Waals surface area (Å²) in [5.41, 5.74) is 4.64. The van der Waals surface area contributed by atoms with Crippen LogP contribution in [0.15, 0.2) is 83.1 Å². The molecule has 10 nitrogen and oxygen atoms in total. The van der Waals surface area contributed by atoms with Crippen LogP contribution in [0.4, 0.5) is 5.69 Å². The molecule has 0 aliphatic rings. The summed E-state index contributed by atoms with van der Waals surface area (Å²) in [5.74, 6) is 0.997. The van der Waals surface area contributed by atoms with E-state index in [1.54, 1.807) is 19.2 Å². The Bertz CT molecular complexity index is 1390. The maximum Gasteiger partial charge on any atom is 0.269 e. The zero-order valence-corrected chi connectivity index (χ0v) is 20.4. The first kappa shape index (κ1) is 24.9. The van der Waals surface area contributed by atoms with E-state index in [0.717, 1.165) is 17.0 Å². The van der Waals surface area contributed by atoms with E-state index in [4.69, 9.17) is 16.3 Å². The fourth-order valence-electron chi connectivity index (χ4n) is 3.14. The summed E-state index contributed by atoms with van der Waals surface area (Å²) < 4.78 is 7.08. The molecule has 4 aromatic rings. The van der Waals surface area contributed by atoms with Crippen LogP contribution in [0.3, 0.4) is 0 Å². The molecule has 36 heavy (non-hydrogen) atoms. The van der Waals surface area contributed by atoms with Gasteiger partial charge in [-0.25, -0.2) is 5.43 Å². The Morgan fingerprint density at radius 1 is 1.11 bits per heavy atom. The lowest BCUT2D eigenvalue weighted by Crippen LogP contribution is -2.20. The minimum absolute atomic E-state index is 0.0219. The van der Waals surface area contributed by atoms with Crippen molar-refractivity contribution in [3.05, 3.63) is 93.5 Å². The van der Waals surface area contributed by atoms with Gasteiger partial charge in [-0.1, -0.05) is 23.4 Å². The van der Waals surface area contributed by atoms with Gasteiger partial charge in [-0.2, -0.15) is 5.10 Å². The fourth-order valence-corrected chi connectivity index (χ4v) is 4.01. The number of benzene rings is 3. The summed E-state index contributed by atoms with van der Waals surface area (Å²) in [6, 6.07) is 20.5. The largest absolute Gasteiger partial charge is 0.497 e. The van der Waals surface area contributed by atoms with Crippen LogP contribution in [0.25, 0.3) is 17.1 Å². The Balaban J connectivity index is 1.48. The van der Waals surface area contributed by atoms with Gasteiger partial charge in [0.05, 0.1) is 24.0 Å². The van der Waals surface area contributed by atoms with Crippen LogP contribution in [0.5, 0.6) is 5.75 Å². The van der Waals surface area contributed by atoms with Crippen LogP contribution < -0.4 is 10.2 Å².